The Bertz CT molecular complexity index is 9.51. The summed E-state index contributed by atoms with van der Waals surface area (Å²) in [7, 11) is 0. The summed E-state index contributed by atoms with van der Waals surface area (Å²) in [4.78, 5) is 0. The molecular formula is H5CdInO4. The summed E-state index contributed by atoms with van der Waals surface area (Å²) >= 11 is 0. The molecule has 0 aliphatic carbocycles. The molecule has 6 heavy (non-hydrogen) atoms. The first-order valence-electron chi connectivity index (χ1n) is 0.532. The van der Waals surface area contributed by atoms with Crippen LogP contribution < -0.4 is 0 Å². The molecule has 0 aromatic heterocycles. The Kier molecular flexibility index (Phi) is 41.6. The van der Waals surface area contributed by atoms with E-state index in [1.54, 1.807) is 0 Å². The van der Waals surface area contributed by atoms with E-state index in [0.717, 1.165) is 0 Å². The Balaban J connectivity index is -0.0000000450. The van der Waals surface area contributed by atoms with E-state index in [2.05, 4.69) is 10.1 Å². The molecule has 0 saturated heterocycles. The summed E-state index contributed by atoms with van der Waals surface area (Å²) in [5.74, 6) is 0. The summed E-state index contributed by atoms with van der Waals surface area (Å²) in [5.41, 5.74) is 0. The molecular weight excluding hydrogens is 291 g/mol. The minimum absolute atomic E-state index is 0. The second-order valence-electron chi connectivity index (χ2n) is 0.149. The third-order valence-electron chi connectivity index (χ3n) is 0.0333. The van der Waals surface area contributed by atoms with Crippen LogP contribution in [-0.2, 0) is 37.4 Å². The van der Waals surface area contributed by atoms with Crippen LogP contribution in [0.25, 0.3) is 0 Å². The van der Waals surface area contributed by atoms with Gasteiger partial charge in [0.2, 0.25) is 0 Å². The molecule has 0 rings (SSSR count). The van der Waals surface area contributed by atoms with Crippen LogP contribution in [0.2, 0.25) is 0 Å². The van der Waals surface area contributed by atoms with E-state index in [0.29, 0.717) is 0 Å². The summed E-state index contributed by atoms with van der Waals surface area (Å²) < 4.78 is 0. The maximum atomic E-state index is 6.90. The monoisotopic (exact) mass is 298 g/mol. The third-order valence-corrected chi connectivity index (χ3v) is 0.0333. The van der Waals surface area contributed by atoms with Crippen LogP contribution in [-0.4, -0.2) is 36.4 Å². The first-order chi connectivity index (χ1) is 1.91. The Morgan fingerprint density at radius 1 is 1.00 bits per heavy atom. The zero-order valence-corrected chi connectivity index (χ0v) is 6.45. The molecule has 0 amide bonds. The molecule has 4 nitrogen and oxygen atoms in total. The van der Waals surface area contributed by atoms with Gasteiger partial charge in [-0.05, 0) is 10.1 Å². The van der Waals surface area contributed by atoms with Crippen molar-refractivity contribution in [3.8, 4) is 0 Å². The van der Waals surface area contributed by atoms with Crippen LogP contribution in [0.3, 0.4) is 0 Å². The van der Waals surface area contributed by atoms with E-state index in [1.165, 1.54) is 0 Å². The molecule has 0 aromatic carbocycles. The molecule has 0 aromatic rings. The van der Waals surface area contributed by atoms with Gasteiger partial charge in [-0.3, -0.25) is 0 Å². The van der Waals surface area contributed by atoms with Gasteiger partial charge in [0.25, 0.3) is 0 Å². The predicted octanol–water partition coefficient (Wildman–Crippen LogP) is -1.31. The Morgan fingerprint density at radius 3 is 1.17 bits per heavy atom. The molecule has 0 aliphatic heterocycles. The number of hydrogen-bond acceptors (Lipinski definition) is 4. The van der Waals surface area contributed by atoms with Crippen molar-refractivity contribution in [2.24, 2.45) is 0 Å². The van der Waals surface area contributed by atoms with Gasteiger partial charge in [-0.15, -0.1) is 0 Å². The first-order valence-corrected chi connectivity index (χ1v) is 0.532. The standard InChI is InChI=1S/Cd.In.H2O4.3H/c;;1-3-4-2;;;/h;;1-2H;;;. The zero-order chi connectivity index (χ0) is 3.41. The number of hydrogen-bond donors (Lipinski definition) is 2. The van der Waals surface area contributed by atoms with Gasteiger partial charge < -0.3 is 0 Å². The van der Waals surface area contributed by atoms with Crippen molar-refractivity contribution < 1.29 is 47.9 Å². The molecule has 0 atom stereocenters. The molecule has 0 aliphatic rings. The van der Waals surface area contributed by atoms with Crippen molar-refractivity contribution in [1.29, 1.82) is 0 Å². The number of rotatable bonds is 1. The average molecular weight is 296 g/mol. The van der Waals surface area contributed by atoms with Crippen LogP contribution in [0.5, 0.6) is 0 Å². The fraction of sp³-hybridized carbons (Fsp3) is 0. The average Bonchev–Trinajstić information content (AvgIpc) is 1.37. The fourth-order valence-electron chi connectivity index (χ4n) is 0. The minimum atomic E-state index is 0. The van der Waals surface area contributed by atoms with E-state index >= 15 is 0 Å². The SMILES string of the molecule is OOOO.[Cd].[InH3]. The van der Waals surface area contributed by atoms with Gasteiger partial charge in [0.05, 0.1) is 0 Å². The van der Waals surface area contributed by atoms with Crippen LogP contribution in [0, 0.1) is 0 Å². The van der Waals surface area contributed by atoms with Crippen molar-refractivity contribution in [2.45, 2.75) is 0 Å². The molecule has 6 heteroatoms. The normalized spacial score (nSPS) is 5.00. The Labute approximate surface area is 73.2 Å². The molecule has 0 heterocycles. The summed E-state index contributed by atoms with van der Waals surface area (Å²) in [6.07, 6.45) is 0. The van der Waals surface area contributed by atoms with Crippen molar-refractivity contribution in [2.75, 3.05) is 0 Å². The van der Waals surface area contributed by atoms with Crippen molar-refractivity contribution >= 4 is 25.8 Å². The van der Waals surface area contributed by atoms with E-state index in [1.807, 2.05) is 0 Å². The predicted molar refractivity (Wildman–Crippen MR) is 17.4 cm³/mol. The van der Waals surface area contributed by atoms with Crippen LogP contribution in [0.4, 0.5) is 0 Å². The van der Waals surface area contributed by atoms with E-state index in [4.69, 9.17) is 10.5 Å². The second-order valence-corrected chi connectivity index (χ2v) is 0.149. The van der Waals surface area contributed by atoms with E-state index < -0.39 is 0 Å². The molecule has 0 spiro atoms. The Hall–Kier alpha value is 1.63. The molecule has 34 valence electrons. The van der Waals surface area contributed by atoms with Crippen molar-refractivity contribution in [3.05, 3.63) is 0 Å². The van der Waals surface area contributed by atoms with Gasteiger partial charge in [0.1, 0.15) is 0 Å². The van der Waals surface area contributed by atoms with Gasteiger partial charge >= 0.3 is 25.8 Å². The van der Waals surface area contributed by atoms with Gasteiger partial charge in [0, 0.05) is 27.3 Å². The van der Waals surface area contributed by atoms with E-state index in [9.17, 15) is 0 Å². The van der Waals surface area contributed by atoms with Gasteiger partial charge in [-0.25, -0.2) is 10.5 Å². The van der Waals surface area contributed by atoms with Gasteiger partial charge in [-0.2, -0.15) is 0 Å². The molecule has 0 bridgehead atoms. The van der Waals surface area contributed by atoms with Crippen LogP contribution >= 0.6 is 0 Å². The summed E-state index contributed by atoms with van der Waals surface area (Å²) in [6, 6.07) is 0. The van der Waals surface area contributed by atoms with E-state index in [-0.39, 0.29) is 53.1 Å². The first kappa shape index (κ1) is 15.6. The van der Waals surface area contributed by atoms with Crippen LogP contribution in [0.15, 0.2) is 0 Å². The van der Waals surface area contributed by atoms with Gasteiger partial charge in [0.15, 0.2) is 0 Å². The Morgan fingerprint density at radius 2 is 1.17 bits per heavy atom. The maximum absolute atomic E-state index is 6.90. The molecule has 0 radical (unpaired) electrons. The van der Waals surface area contributed by atoms with Crippen LogP contribution in [0.1, 0.15) is 0 Å². The summed E-state index contributed by atoms with van der Waals surface area (Å²) in [6.45, 7) is 0. The van der Waals surface area contributed by atoms with Crippen molar-refractivity contribution in [3.63, 3.8) is 0 Å². The quantitative estimate of drug-likeness (QED) is 0.358. The summed E-state index contributed by atoms with van der Waals surface area (Å²) in [5, 5.41) is 19.0. The molecule has 0 unspecified atom stereocenters. The topological polar surface area (TPSA) is 58.9 Å². The molecule has 0 saturated carbocycles. The van der Waals surface area contributed by atoms with Crippen molar-refractivity contribution in [1.82, 2.24) is 0 Å². The third kappa shape index (κ3) is 17.4. The van der Waals surface area contributed by atoms with Gasteiger partial charge in [-0.1, -0.05) is 0 Å². The molecule has 2 N–H and O–H groups in total. The second kappa shape index (κ2) is 15.9. The zero-order valence-electron chi connectivity index (χ0n) is 2.42. The fourth-order valence-corrected chi connectivity index (χ4v) is 0. The molecule has 0 fully saturated rings.